The first-order chi connectivity index (χ1) is 8.22. The first-order valence-corrected chi connectivity index (χ1v) is 6.08. The largest absolute Gasteiger partial charge is 0.468 e. The molecule has 1 atom stereocenters. The standard InChI is InChI=1S/C14H21NO2/c1-4-13(14(16)17-3)15(5-2)11-12-9-7-6-8-10-12/h6-10,13H,4-5,11H2,1-3H3/t13-/m0/s1. The van der Waals surface area contributed by atoms with E-state index in [1.54, 1.807) is 0 Å². The summed E-state index contributed by atoms with van der Waals surface area (Å²) >= 11 is 0. The van der Waals surface area contributed by atoms with Gasteiger partial charge in [0, 0.05) is 6.54 Å². The molecule has 0 bridgehead atoms. The molecule has 0 heterocycles. The van der Waals surface area contributed by atoms with Gasteiger partial charge in [0.25, 0.3) is 0 Å². The molecular weight excluding hydrogens is 214 g/mol. The topological polar surface area (TPSA) is 29.5 Å². The van der Waals surface area contributed by atoms with E-state index in [1.807, 2.05) is 25.1 Å². The second-order valence-corrected chi connectivity index (χ2v) is 4.00. The van der Waals surface area contributed by atoms with E-state index in [9.17, 15) is 4.79 Å². The van der Waals surface area contributed by atoms with Crippen LogP contribution in [0.2, 0.25) is 0 Å². The molecule has 1 aromatic rings. The highest BCUT2D eigenvalue weighted by molar-refractivity contribution is 5.75. The van der Waals surface area contributed by atoms with E-state index in [4.69, 9.17) is 4.74 Å². The Kier molecular flexibility index (Phi) is 5.70. The third-order valence-electron chi connectivity index (χ3n) is 2.94. The van der Waals surface area contributed by atoms with E-state index >= 15 is 0 Å². The molecule has 0 fully saturated rings. The zero-order chi connectivity index (χ0) is 12.7. The molecule has 0 saturated carbocycles. The molecule has 0 N–H and O–H groups in total. The zero-order valence-corrected chi connectivity index (χ0v) is 10.8. The Balaban J connectivity index is 2.73. The van der Waals surface area contributed by atoms with Gasteiger partial charge in [0.2, 0.25) is 0 Å². The van der Waals surface area contributed by atoms with Crippen LogP contribution in [0.1, 0.15) is 25.8 Å². The highest BCUT2D eigenvalue weighted by atomic mass is 16.5. The molecule has 1 rings (SSSR count). The fourth-order valence-electron chi connectivity index (χ4n) is 1.97. The number of carbonyl (C=O) groups excluding carboxylic acids is 1. The maximum atomic E-state index is 11.7. The summed E-state index contributed by atoms with van der Waals surface area (Å²) in [6.07, 6.45) is 0.771. The van der Waals surface area contributed by atoms with Gasteiger partial charge in [-0.2, -0.15) is 0 Å². The number of rotatable bonds is 6. The van der Waals surface area contributed by atoms with E-state index in [-0.39, 0.29) is 12.0 Å². The van der Waals surface area contributed by atoms with Crippen LogP contribution in [-0.2, 0) is 16.1 Å². The van der Waals surface area contributed by atoms with Crippen LogP contribution >= 0.6 is 0 Å². The fraction of sp³-hybridized carbons (Fsp3) is 0.500. The number of carbonyl (C=O) groups is 1. The van der Waals surface area contributed by atoms with Gasteiger partial charge in [-0.25, -0.2) is 0 Å². The van der Waals surface area contributed by atoms with Crippen LogP contribution in [0.5, 0.6) is 0 Å². The van der Waals surface area contributed by atoms with Crippen molar-refractivity contribution in [1.82, 2.24) is 4.90 Å². The first-order valence-electron chi connectivity index (χ1n) is 6.08. The van der Waals surface area contributed by atoms with Crippen LogP contribution in [-0.4, -0.2) is 30.6 Å². The summed E-state index contributed by atoms with van der Waals surface area (Å²) in [7, 11) is 1.45. The van der Waals surface area contributed by atoms with Gasteiger partial charge < -0.3 is 4.74 Å². The zero-order valence-electron chi connectivity index (χ0n) is 10.8. The molecule has 94 valence electrons. The lowest BCUT2D eigenvalue weighted by Gasteiger charge is -2.27. The van der Waals surface area contributed by atoms with Crippen molar-refractivity contribution in [1.29, 1.82) is 0 Å². The maximum absolute atomic E-state index is 11.7. The van der Waals surface area contributed by atoms with Crippen molar-refractivity contribution in [2.24, 2.45) is 0 Å². The van der Waals surface area contributed by atoms with Gasteiger partial charge in [-0.05, 0) is 18.5 Å². The number of hydrogen-bond donors (Lipinski definition) is 0. The smallest absolute Gasteiger partial charge is 0.323 e. The minimum atomic E-state index is -0.148. The lowest BCUT2D eigenvalue weighted by atomic mass is 10.1. The molecule has 0 aromatic heterocycles. The average Bonchev–Trinajstić information content (AvgIpc) is 2.39. The van der Waals surface area contributed by atoms with Crippen molar-refractivity contribution in [2.45, 2.75) is 32.9 Å². The third kappa shape index (κ3) is 3.86. The van der Waals surface area contributed by atoms with E-state index < -0.39 is 0 Å². The second kappa shape index (κ2) is 7.07. The van der Waals surface area contributed by atoms with Crippen molar-refractivity contribution in [3.8, 4) is 0 Å². The molecule has 0 aliphatic heterocycles. The van der Waals surface area contributed by atoms with Crippen LogP contribution in [0.15, 0.2) is 30.3 Å². The minimum Gasteiger partial charge on any atom is -0.468 e. The molecule has 1 aromatic carbocycles. The summed E-state index contributed by atoms with van der Waals surface area (Å²) in [5, 5.41) is 0. The lowest BCUT2D eigenvalue weighted by molar-refractivity contribution is -0.147. The number of ether oxygens (including phenoxy) is 1. The number of nitrogens with zero attached hydrogens (tertiary/aromatic N) is 1. The highest BCUT2D eigenvalue weighted by Gasteiger charge is 2.23. The third-order valence-corrected chi connectivity index (χ3v) is 2.94. The fourth-order valence-corrected chi connectivity index (χ4v) is 1.97. The second-order valence-electron chi connectivity index (χ2n) is 4.00. The van der Waals surface area contributed by atoms with Crippen LogP contribution in [0.25, 0.3) is 0 Å². The van der Waals surface area contributed by atoms with E-state index in [1.165, 1.54) is 12.7 Å². The first kappa shape index (κ1) is 13.7. The van der Waals surface area contributed by atoms with Gasteiger partial charge in [-0.1, -0.05) is 44.2 Å². The molecule has 0 radical (unpaired) electrons. The molecule has 3 heteroatoms. The predicted molar refractivity (Wildman–Crippen MR) is 68.6 cm³/mol. The van der Waals surface area contributed by atoms with Gasteiger partial charge in [0.1, 0.15) is 6.04 Å². The van der Waals surface area contributed by atoms with Gasteiger partial charge in [-0.15, -0.1) is 0 Å². The molecular formula is C14H21NO2. The van der Waals surface area contributed by atoms with Gasteiger partial charge >= 0.3 is 5.97 Å². The Labute approximate surface area is 103 Å². The summed E-state index contributed by atoms with van der Waals surface area (Å²) in [5.41, 5.74) is 1.22. The van der Waals surface area contributed by atoms with Crippen molar-refractivity contribution >= 4 is 5.97 Å². The van der Waals surface area contributed by atoms with E-state index in [2.05, 4.69) is 24.0 Å². The molecule has 17 heavy (non-hydrogen) atoms. The Bertz CT molecular complexity index is 337. The van der Waals surface area contributed by atoms with Gasteiger partial charge in [0.15, 0.2) is 0 Å². The van der Waals surface area contributed by atoms with E-state index in [0.717, 1.165) is 19.5 Å². The average molecular weight is 235 g/mol. The predicted octanol–water partition coefficient (Wildman–Crippen LogP) is 2.46. The van der Waals surface area contributed by atoms with Crippen molar-refractivity contribution in [2.75, 3.05) is 13.7 Å². The molecule has 0 unspecified atom stereocenters. The van der Waals surface area contributed by atoms with Crippen LogP contribution in [0.4, 0.5) is 0 Å². The highest BCUT2D eigenvalue weighted by Crippen LogP contribution is 2.11. The number of methoxy groups -OCH3 is 1. The quantitative estimate of drug-likeness (QED) is 0.709. The maximum Gasteiger partial charge on any atom is 0.323 e. The summed E-state index contributed by atoms with van der Waals surface area (Å²) in [5.74, 6) is -0.148. The number of esters is 1. The summed E-state index contributed by atoms with van der Waals surface area (Å²) < 4.78 is 4.84. The van der Waals surface area contributed by atoms with Crippen molar-refractivity contribution in [3.63, 3.8) is 0 Å². The van der Waals surface area contributed by atoms with Crippen molar-refractivity contribution < 1.29 is 9.53 Å². The van der Waals surface area contributed by atoms with Gasteiger partial charge in [0.05, 0.1) is 7.11 Å². The van der Waals surface area contributed by atoms with Crippen LogP contribution in [0, 0.1) is 0 Å². The summed E-state index contributed by atoms with van der Waals surface area (Å²) in [6, 6.07) is 10.0. The van der Waals surface area contributed by atoms with Crippen LogP contribution < -0.4 is 0 Å². The van der Waals surface area contributed by atoms with Gasteiger partial charge in [-0.3, -0.25) is 9.69 Å². The minimum absolute atomic E-state index is 0.148. The lowest BCUT2D eigenvalue weighted by Crippen LogP contribution is -2.40. The summed E-state index contributed by atoms with van der Waals surface area (Å²) in [4.78, 5) is 13.8. The van der Waals surface area contributed by atoms with Crippen molar-refractivity contribution in [3.05, 3.63) is 35.9 Å². The SMILES string of the molecule is CC[C@@H](C(=O)OC)N(CC)Cc1ccccc1. The molecule has 0 saturated heterocycles. The Morgan fingerprint density at radius 1 is 1.29 bits per heavy atom. The Hall–Kier alpha value is -1.35. The number of benzene rings is 1. The Morgan fingerprint density at radius 3 is 2.41 bits per heavy atom. The Morgan fingerprint density at radius 2 is 1.94 bits per heavy atom. The molecule has 0 aliphatic carbocycles. The molecule has 0 amide bonds. The normalized spacial score (nSPS) is 12.5. The van der Waals surface area contributed by atoms with Crippen LogP contribution in [0.3, 0.4) is 0 Å². The molecule has 3 nitrogen and oxygen atoms in total. The monoisotopic (exact) mass is 235 g/mol. The number of hydrogen-bond acceptors (Lipinski definition) is 3. The molecule has 0 spiro atoms. The molecule has 0 aliphatic rings. The number of likely N-dealkylation sites (N-methyl/N-ethyl adjacent to an activating group) is 1. The summed E-state index contributed by atoms with van der Waals surface area (Å²) in [6.45, 7) is 5.69. The van der Waals surface area contributed by atoms with E-state index in [0.29, 0.717) is 0 Å².